The highest BCUT2D eigenvalue weighted by molar-refractivity contribution is 7.89. The molecule has 0 aromatic heterocycles. The molecule has 8 heteroatoms. The molecule has 2 aromatic carbocycles. The van der Waals surface area contributed by atoms with Gasteiger partial charge in [0.25, 0.3) is 5.91 Å². The first-order chi connectivity index (χ1) is 14.3. The van der Waals surface area contributed by atoms with Crippen molar-refractivity contribution in [3.05, 3.63) is 59.7 Å². The molecule has 1 aliphatic heterocycles. The number of esters is 1. The zero-order valence-corrected chi connectivity index (χ0v) is 18.2. The molecule has 160 valence electrons. The molecule has 0 aliphatic carbocycles. The van der Waals surface area contributed by atoms with E-state index in [1.807, 2.05) is 24.3 Å². The summed E-state index contributed by atoms with van der Waals surface area (Å²) in [5.41, 5.74) is 2.00. The number of nitrogens with zero attached hydrogens (tertiary/aromatic N) is 2. The first kappa shape index (κ1) is 22.0. The summed E-state index contributed by atoms with van der Waals surface area (Å²) in [4.78, 5) is 27.1. The van der Waals surface area contributed by atoms with Crippen LogP contribution in [0.4, 0.5) is 5.69 Å². The second-order valence-corrected chi connectivity index (χ2v) is 8.97. The Morgan fingerprint density at radius 2 is 1.80 bits per heavy atom. The van der Waals surface area contributed by atoms with Crippen molar-refractivity contribution in [3.63, 3.8) is 0 Å². The Bertz CT molecular complexity index is 1050. The van der Waals surface area contributed by atoms with Crippen molar-refractivity contribution in [2.45, 2.75) is 38.2 Å². The molecule has 1 amide bonds. The van der Waals surface area contributed by atoms with Crippen LogP contribution in [0.1, 0.15) is 36.7 Å². The summed E-state index contributed by atoms with van der Waals surface area (Å²) in [7, 11) is -3.70. The van der Waals surface area contributed by atoms with E-state index in [0.717, 1.165) is 17.7 Å². The van der Waals surface area contributed by atoms with Crippen molar-refractivity contribution in [1.29, 1.82) is 0 Å². The van der Waals surface area contributed by atoms with Crippen molar-refractivity contribution in [1.82, 2.24) is 4.31 Å². The van der Waals surface area contributed by atoms with Crippen LogP contribution in [0.2, 0.25) is 0 Å². The second kappa shape index (κ2) is 8.97. The van der Waals surface area contributed by atoms with Gasteiger partial charge in [0, 0.05) is 25.3 Å². The lowest BCUT2D eigenvalue weighted by Crippen LogP contribution is -2.39. The van der Waals surface area contributed by atoms with Crippen LogP contribution in [0.15, 0.2) is 53.4 Å². The van der Waals surface area contributed by atoms with E-state index in [2.05, 4.69) is 0 Å². The van der Waals surface area contributed by atoms with Gasteiger partial charge in [-0.3, -0.25) is 4.79 Å². The van der Waals surface area contributed by atoms with E-state index in [9.17, 15) is 18.0 Å². The van der Waals surface area contributed by atoms with Crippen LogP contribution < -0.4 is 4.90 Å². The van der Waals surface area contributed by atoms with Crippen LogP contribution in [-0.2, 0) is 26.0 Å². The van der Waals surface area contributed by atoms with Crippen LogP contribution in [0, 0.1) is 0 Å². The maximum Gasteiger partial charge on any atom is 0.338 e. The molecule has 0 saturated carbocycles. The van der Waals surface area contributed by atoms with Crippen LogP contribution in [0.3, 0.4) is 0 Å². The third-order valence-corrected chi connectivity index (χ3v) is 7.24. The Hall–Kier alpha value is -2.71. The zero-order valence-electron chi connectivity index (χ0n) is 17.4. The van der Waals surface area contributed by atoms with Gasteiger partial charge in [0.1, 0.15) is 0 Å². The molecule has 0 N–H and O–H groups in total. The molecule has 1 atom stereocenters. The average molecular weight is 431 g/mol. The van der Waals surface area contributed by atoms with E-state index in [-0.39, 0.29) is 16.4 Å². The van der Waals surface area contributed by atoms with E-state index in [0.29, 0.717) is 19.6 Å². The molecule has 1 heterocycles. The molecule has 30 heavy (non-hydrogen) atoms. The van der Waals surface area contributed by atoms with Crippen LogP contribution in [0.25, 0.3) is 0 Å². The number of hydrogen-bond acceptors (Lipinski definition) is 5. The average Bonchev–Trinajstić information content (AvgIpc) is 3.18. The number of anilines is 1. The highest BCUT2D eigenvalue weighted by Gasteiger charge is 2.30. The molecule has 1 aliphatic rings. The van der Waals surface area contributed by atoms with Gasteiger partial charge in [-0.15, -0.1) is 0 Å². The van der Waals surface area contributed by atoms with Gasteiger partial charge in [-0.05, 0) is 43.2 Å². The lowest BCUT2D eigenvalue weighted by Gasteiger charge is -2.22. The summed E-state index contributed by atoms with van der Waals surface area (Å²) >= 11 is 0. The maximum absolute atomic E-state index is 12.8. The fourth-order valence-corrected chi connectivity index (χ4v) is 5.07. The Labute approximate surface area is 177 Å². The minimum absolute atomic E-state index is 0.0214. The fourth-order valence-electron chi connectivity index (χ4n) is 3.56. The summed E-state index contributed by atoms with van der Waals surface area (Å²) in [6.07, 6.45) is -0.236. The number of fused-ring (bicyclic) bond motifs is 1. The summed E-state index contributed by atoms with van der Waals surface area (Å²) in [5.74, 6) is -1.04. The summed E-state index contributed by atoms with van der Waals surface area (Å²) in [6.45, 7) is 6.23. The monoisotopic (exact) mass is 430 g/mol. The van der Waals surface area contributed by atoms with Crippen molar-refractivity contribution in [3.8, 4) is 0 Å². The van der Waals surface area contributed by atoms with E-state index in [4.69, 9.17) is 4.74 Å². The highest BCUT2D eigenvalue weighted by atomic mass is 32.2. The second-order valence-electron chi connectivity index (χ2n) is 7.03. The Kier molecular flexibility index (Phi) is 6.58. The third kappa shape index (κ3) is 4.24. The lowest BCUT2D eigenvalue weighted by atomic mass is 10.2. The number of carbonyl (C=O) groups excluding carboxylic acids is 2. The quantitative estimate of drug-likeness (QED) is 0.631. The number of hydrogen-bond donors (Lipinski definition) is 0. The number of rotatable bonds is 7. The van der Waals surface area contributed by atoms with Gasteiger partial charge >= 0.3 is 5.97 Å². The summed E-state index contributed by atoms with van der Waals surface area (Å²) in [6, 6.07) is 13.3. The van der Waals surface area contributed by atoms with E-state index < -0.39 is 22.1 Å². The molecule has 0 spiro atoms. The van der Waals surface area contributed by atoms with Crippen molar-refractivity contribution >= 4 is 27.6 Å². The van der Waals surface area contributed by atoms with Gasteiger partial charge in [-0.25, -0.2) is 13.2 Å². The van der Waals surface area contributed by atoms with Crippen molar-refractivity contribution in [2.75, 3.05) is 24.5 Å². The van der Waals surface area contributed by atoms with E-state index >= 15 is 0 Å². The zero-order chi connectivity index (χ0) is 21.9. The van der Waals surface area contributed by atoms with Gasteiger partial charge in [-0.1, -0.05) is 38.1 Å². The predicted octanol–water partition coefficient (Wildman–Crippen LogP) is 2.85. The standard InChI is InChI=1S/C22H26N2O5S/c1-4-23(5-2)30(27,28)19-11-8-10-18(15-19)22(26)29-16(3)21(25)24-14-13-17-9-6-7-12-20(17)24/h6-12,15-16H,4-5,13-14H2,1-3H3/t16-/m1/s1. The van der Waals surface area contributed by atoms with E-state index in [1.165, 1.54) is 35.5 Å². The van der Waals surface area contributed by atoms with Crippen LogP contribution >= 0.6 is 0 Å². The summed E-state index contributed by atoms with van der Waals surface area (Å²) < 4.78 is 32.1. The van der Waals surface area contributed by atoms with Gasteiger partial charge in [-0.2, -0.15) is 4.31 Å². The lowest BCUT2D eigenvalue weighted by molar-refractivity contribution is -0.126. The molecule has 0 fully saturated rings. The number of para-hydroxylation sites is 1. The molecule has 3 rings (SSSR count). The molecule has 0 bridgehead atoms. The number of carbonyl (C=O) groups is 2. The highest BCUT2D eigenvalue weighted by Crippen LogP contribution is 2.28. The van der Waals surface area contributed by atoms with Crippen LogP contribution in [-0.4, -0.2) is 50.3 Å². The number of benzene rings is 2. The number of sulfonamides is 1. The maximum atomic E-state index is 12.8. The van der Waals surface area contributed by atoms with Crippen molar-refractivity contribution in [2.24, 2.45) is 0 Å². The molecular formula is C22H26N2O5S. The largest absolute Gasteiger partial charge is 0.449 e. The minimum Gasteiger partial charge on any atom is -0.449 e. The molecule has 0 saturated heterocycles. The first-order valence-electron chi connectivity index (χ1n) is 10.00. The Balaban J connectivity index is 1.74. The van der Waals surface area contributed by atoms with Gasteiger partial charge in [0.15, 0.2) is 6.10 Å². The molecule has 7 nitrogen and oxygen atoms in total. The van der Waals surface area contributed by atoms with E-state index in [1.54, 1.807) is 18.7 Å². The summed E-state index contributed by atoms with van der Waals surface area (Å²) in [5, 5.41) is 0. The number of amides is 1. The molecule has 2 aromatic rings. The third-order valence-electron chi connectivity index (χ3n) is 5.20. The van der Waals surface area contributed by atoms with Gasteiger partial charge < -0.3 is 9.64 Å². The predicted molar refractivity (Wildman–Crippen MR) is 114 cm³/mol. The van der Waals surface area contributed by atoms with Gasteiger partial charge in [0.2, 0.25) is 10.0 Å². The Morgan fingerprint density at radius 1 is 1.10 bits per heavy atom. The fraction of sp³-hybridized carbons (Fsp3) is 0.364. The minimum atomic E-state index is -3.70. The smallest absolute Gasteiger partial charge is 0.338 e. The molecule has 0 unspecified atom stereocenters. The number of ether oxygens (including phenoxy) is 1. The van der Waals surface area contributed by atoms with Crippen LogP contribution in [0.5, 0.6) is 0 Å². The van der Waals surface area contributed by atoms with Crippen molar-refractivity contribution < 1.29 is 22.7 Å². The molecule has 0 radical (unpaired) electrons. The SMILES string of the molecule is CCN(CC)S(=O)(=O)c1cccc(C(=O)O[C@H](C)C(=O)N2CCc3ccccc32)c1. The molecular weight excluding hydrogens is 404 g/mol. The first-order valence-corrected chi connectivity index (χ1v) is 11.4. The normalized spacial score (nSPS) is 14.5. The topological polar surface area (TPSA) is 84.0 Å². The van der Waals surface area contributed by atoms with Gasteiger partial charge in [0.05, 0.1) is 10.5 Å². The Morgan fingerprint density at radius 3 is 2.50 bits per heavy atom.